The number of aliphatic hydroxyl groups excluding tert-OH is 2. The molecule has 17 atom stereocenters. The van der Waals surface area contributed by atoms with E-state index in [4.69, 9.17) is 76.0 Å². The summed E-state index contributed by atoms with van der Waals surface area (Å²) in [5.41, 5.74) is -1.91. The van der Waals surface area contributed by atoms with Gasteiger partial charge in [-0.05, 0) is 91.9 Å². The molecule has 0 amide bonds. The van der Waals surface area contributed by atoms with Crippen molar-refractivity contribution in [1.29, 1.82) is 0 Å². The maximum Gasteiger partial charge on any atom is 0.345 e. The number of alkyl halides is 5. The third kappa shape index (κ3) is 34.9. The molecule has 24 nitrogen and oxygen atoms in total. The molecule has 8 aliphatic heterocycles. The van der Waals surface area contributed by atoms with E-state index in [1.165, 1.54) is 34.6 Å². The fourth-order valence-electron chi connectivity index (χ4n) is 8.55. The lowest BCUT2D eigenvalue weighted by Crippen LogP contribution is -2.33. The van der Waals surface area contributed by atoms with Crippen molar-refractivity contribution in [2.45, 2.75) is 315 Å². The minimum Gasteiger partial charge on any atom is -0.481 e. The SMILES string of the molecule is CC.CC[C@@H]1CC(C)(F)C(=O)O1.CC[C@@H]1CC(C)(F)[C@H](Cl)O1.CC[C@@H]1CC(C)(F)[C@H](O)O1.CC[C@@H]1CC(C)(F)[C@H](OC(C)=O)O1.CC[C@@H]1CC(C)C(=O)O1.CC[C@@H]1CCC(=O)O1.N[C@@H](CCC(=O)O)C(=O)O.O=C1CC[C@@H](C(=O)O)O1.O=C1CC[C@@H](CO)O1. The van der Waals surface area contributed by atoms with Crippen LogP contribution in [0.5, 0.6) is 0 Å². The topological polar surface area (TPSA) is 364 Å². The first-order valence-electron chi connectivity index (χ1n) is 30.5. The van der Waals surface area contributed by atoms with Gasteiger partial charge < -0.3 is 73.9 Å². The number of ether oxygens (including phenoxy) is 9. The van der Waals surface area contributed by atoms with Gasteiger partial charge in [0.1, 0.15) is 30.5 Å². The molecular weight excluding hydrogens is 1210 g/mol. The Hall–Kier alpha value is -5.00. The summed E-state index contributed by atoms with van der Waals surface area (Å²) >= 11 is 5.58. The molecule has 5 unspecified atom stereocenters. The third-order valence-electron chi connectivity index (χ3n) is 14.2. The highest BCUT2D eigenvalue weighted by molar-refractivity contribution is 6.20. The number of nitrogens with two attached hydrogens (primary N) is 1. The second-order valence-corrected chi connectivity index (χ2v) is 23.0. The van der Waals surface area contributed by atoms with Crippen molar-refractivity contribution in [2.75, 3.05) is 6.61 Å². The number of hydrogen-bond acceptors (Lipinski definition) is 21. The molecule has 0 aliphatic carbocycles. The lowest BCUT2D eigenvalue weighted by Gasteiger charge is -2.19. The maximum atomic E-state index is 13.7. The number of aliphatic hydroxyl groups is 2. The molecule has 520 valence electrons. The number of rotatable bonds is 13. The lowest BCUT2D eigenvalue weighted by molar-refractivity contribution is -0.191. The van der Waals surface area contributed by atoms with Crippen LogP contribution in [0.3, 0.4) is 0 Å². The Morgan fingerprint density at radius 2 is 1.07 bits per heavy atom. The zero-order valence-electron chi connectivity index (χ0n) is 54.2. The summed E-state index contributed by atoms with van der Waals surface area (Å²) in [6, 6.07) is -1.06. The number of carboxylic acid groups (broad SMARTS) is 3. The highest BCUT2D eigenvalue weighted by Gasteiger charge is 2.48. The van der Waals surface area contributed by atoms with E-state index in [2.05, 4.69) is 9.47 Å². The van der Waals surface area contributed by atoms with E-state index in [-0.39, 0.29) is 98.8 Å². The molecule has 8 fully saturated rings. The molecule has 0 aromatic carbocycles. The molecule has 8 heterocycles. The molecule has 7 N–H and O–H groups in total. The number of cyclic esters (lactones) is 5. The Morgan fingerprint density at radius 1 is 0.618 bits per heavy atom. The van der Waals surface area contributed by atoms with Crippen LogP contribution in [0, 0.1) is 5.92 Å². The predicted molar refractivity (Wildman–Crippen MR) is 314 cm³/mol. The standard InChI is InChI=1S/C9H15FO3.C7H12ClFO.C7H13FO2.C7H11FO2.C7H12O2.C6H10O2.C5H9NO4.C5H6O4.C5H8O3.C2H6/c1-4-7-5-9(3,10)8(13-7)12-6(2)11;1-3-5-4-7(2,9)6(8)10-5;2*1-3-5-4-7(2,8)6(9)10-5;1-3-6-4-5(2)7(8)9-6;1-2-5-3-4-6(7)8-5;6-3(5(9)10)1-2-4(7)8;6-4-2-1-3(9-4)5(7)8;6-3-4-1-2-5(7)8-4;1-2/h7-8H,4-5H2,1-3H3;5-6H,3-4H2,1-2H3;5-6,9H,3-4H2,1-2H3;5H,3-4H2,1-2H3;5-6H,3-4H2,1-2H3;5H,2-4H2,1H3;3H,1-2,6H2,(H,7,8)(H,9,10);3H,1-2H2,(H,7,8);4,6H,1-3H2;1-2H3/t7-,8-,9?;2*5-,6-,7?;5-,7?;5?,6-;5-;2*3-;4-;/m111111000./s1. The van der Waals surface area contributed by atoms with Gasteiger partial charge in [-0.2, -0.15) is 0 Å². The Balaban J connectivity index is 0. The van der Waals surface area contributed by atoms with Crippen LogP contribution in [-0.2, 0) is 85.8 Å². The minimum atomic E-state index is -1.74. The molecule has 0 bridgehead atoms. The van der Waals surface area contributed by atoms with Crippen molar-refractivity contribution >= 4 is 65.3 Å². The zero-order chi connectivity index (χ0) is 69.2. The van der Waals surface area contributed by atoms with Crippen molar-refractivity contribution in [3.8, 4) is 0 Å². The van der Waals surface area contributed by atoms with E-state index in [0.717, 1.165) is 44.9 Å². The summed E-state index contributed by atoms with van der Waals surface area (Å²) in [6.07, 6.45) is 6.73. The van der Waals surface area contributed by atoms with Crippen LogP contribution < -0.4 is 5.73 Å². The second kappa shape index (κ2) is 42.9. The fraction of sp³-hybridized carbons (Fsp3) is 0.850. The zero-order valence-corrected chi connectivity index (χ0v) is 55.0. The third-order valence-corrected chi connectivity index (χ3v) is 14.8. The van der Waals surface area contributed by atoms with Gasteiger partial charge in [-0.1, -0.05) is 73.9 Å². The Morgan fingerprint density at radius 3 is 1.30 bits per heavy atom. The first kappa shape index (κ1) is 86.1. The Kier molecular flexibility index (Phi) is 41.5. The lowest BCUT2D eigenvalue weighted by atomic mass is 10.0. The number of carbonyl (C=O) groups is 9. The van der Waals surface area contributed by atoms with Crippen LogP contribution >= 0.6 is 11.6 Å². The Labute approximate surface area is 525 Å². The first-order valence-corrected chi connectivity index (χ1v) is 31.0. The summed E-state index contributed by atoms with van der Waals surface area (Å²) in [7, 11) is 0. The molecular formula is C60H102ClF4NO23. The van der Waals surface area contributed by atoms with Gasteiger partial charge in [-0.3, -0.25) is 33.6 Å². The average Bonchev–Trinajstić information content (AvgIpc) is 3.63. The number of carboxylic acids is 3. The first-order chi connectivity index (χ1) is 41.3. The van der Waals surface area contributed by atoms with Gasteiger partial charge in [-0.15, -0.1) is 0 Å². The molecule has 0 aromatic heterocycles. The molecule has 29 heteroatoms. The van der Waals surface area contributed by atoms with E-state index in [9.17, 15) is 60.7 Å². The van der Waals surface area contributed by atoms with Gasteiger partial charge in [0.05, 0.1) is 30.8 Å². The number of halogens is 5. The predicted octanol–water partition coefficient (Wildman–Crippen LogP) is 9.15. The van der Waals surface area contributed by atoms with E-state index in [0.29, 0.717) is 51.4 Å². The van der Waals surface area contributed by atoms with E-state index < -0.39 is 88.8 Å². The van der Waals surface area contributed by atoms with E-state index in [1.807, 2.05) is 62.3 Å². The normalized spacial score (nSPS) is 33.6. The van der Waals surface area contributed by atoms with Crippen LogP contribution in [-0.4, -0.2) is 182 Å². The number of hydrogen-bond donors (Lipinski definition) is 6. The number of esters is 6. The van der Waals surface area contributed by atoms with Gasteiger partial charge in [0.15, 0.2) is 35.0 Å². The molecule has 0 spiro atoms. The molecule has 8 rings (SSSR count). The van der Waals surface area contributed by atoms with E-state index >= 15 is 0 Å². The monoisotopic (exact) mass is 1320 g/mol. The van der Waals surface area contributed by atoms with Gasteiger partial charge in [-0.25, -0.2) is 27.2 Å². The summed E-state index contributed by atoms with van der Waals surface area (Å²) in [4.78, 5) is 92.9. The van der Waals surface area contributed by atoms with Crippen LogP contribution in [0.25, 0.3) is 0 Å². The summed E-state index contributed by atoms with van der Waals surface area (Å²) in [5, 5.41) is 41.9. The minimum absolute atomic E-state index is 0.0116. The number of carbonyl (C=O) groups excluding carboxylic acids is 6. The molecule has 0 saturated carbocycles. The molecule has 8 aliphatic rings. The van der Waals surface area contributed by atoms with Crippen LogP contribution in [0.2, 0.25) is 0 Å². The highest BCUT2D eigenvalue weighted by Crippen LogP contribution is 2.38. The highest BCUT2D eigenvalue weighted by atomic mass is 35.5. The smallest absolute Gasteiger partial charge is 0.345 e. The van der Waals surface area contributed by atoms with E-state index in [1.54, 1.807) is 0 Å². The summed E-state index contributed by atoms with van der Waals surface area (Å²) in [6.45, 7) is 24.4. The molecule has 89 heavy (non-hydrogen) atoms. The molecule has 0 radical (unpaired) electrons. The van der Waals surface area contributed by atoms with Crippen molar-refractivity contribution < 1.29 is 129 Å². The number of aliphatic carboxylic acids is 3. The van der Waals surface area contributed by atoms with Gasteiger partial charge in [0, 0.05) is 64.7 Å². The maximum absolute atomic E-state index is 13.7. The molecule has 8 saturated heterocycles. The second-order valence-electron chi connectivity index (χ2n) is 22.6. The van der Waals surface area contributed by atoms with Gasteiger partial charge >= 0.3 is 53.7 Å². The van der Waals surface area contributed by atoms with Crippen molar-refractivity contribution in [3.63, 3.8) is 0 Å². The summed E-state index contributed by atoms with van der Waals surface area (Å²) in [5.74, 6) is -5.00. The summed E-state index contributed by atoms with van der Waals surface area (Å²) < 4.78 is 96.4. The van der Waals surface area contributed by atoms with Gasteiger partial charge in [0.2, 0.25) is 12.0 Å². The van der Waals surface area contributed by atoms with Gasteiger partial charge in [0.25, 0.3) is 0 Å². The van der Waals surface area contributed by atoms with Crippen molar-refractivity contribution in [1.82, 2.24) is 0 Å². The Bertz CT molecular complexity index is 2100. The van der Waals surface area contributed by atoms with Crippen LogP contribution in [0.15, 0.2) is 0 Å². The molecule has 0 aromatic rings. The van der Waals surface area contributed by atoms with Crippen molar-refractivity contribution in [2.24, 2.45) is 11.7 Å². The average molecular weight is 1320 g/mol. The quantitative estimate of drug-likeness (QED) is 0.0433. The fourth-order valence-corrected chi connectivity index (χ4v) is 8.79. The van der Waals surface area contributed by atoms with Crippen LogP contribution in [0.1, 0.15) is 219 Å². The largest absolute Gasteiger partial charge is 0.481 e. The van der Waals surface area contributed by atoms with Crippen molar-refractivity contribution in [3.05, 3.63) is 0 Å². The van der Waals surface area contributed by atoms with Crippen LogP contribution in [0.4, 0.5) is 17.6 Å².